The zero-order valence-electron chi connectivity index (χ0n) is 23.7. The van der Waals surface area contributed by atoms with E-state index in [1.165, 1.54) is 14.0 Å². The quantitative estimate of drug-likeness (QED) is 0.346. The SMILES string of the molecule is COCCN(CCOC)C(=O)c1ccc(C2=NC3CCC(OC(C)=O)CC3c3cc(OC(F)F)c(OC)cc32)cc1. The van der Waals surface area contributed by atoms with E-state index in [1.54, 1.807) is 43.4 Å². The molecular formula is C30H36F2N2O7. The van der Waals surface area contributed by atoms with Crippen molar-refractivity contribution in [1.29, 1.82) is 0 Å². The Morgan fingerprint density at radius 1 is 1.00 bits per heavy atom. The van der Waals surface area contributed by atoms with Crippen LogP contribution < -0.4 is 9.47 Å². The number of nitrogens with zero attached hydrogens (tertiary/aromatic N) is 2. The van der Waals surface area contributed by atoms with Gasteiger partial charge in [-0.2, -0.15) is 8.78 Å². The summed E-state index contributed by atoms with van der Waals surface area (Å²) >= 11 is 0. The van der Waals surface area contributed by atoms with Gasteiger partial charge in [0, 0.05) is 56.8 Å². The molecule has 0 radical (unpaired) electrons. The summed E-state index contributed by atoms with van der Waals surface area (Å²) in [6, 6.07) is 10.3. The highest BCUT2D eigenvalue weighted by Crippen LogP contribution is 2.45. The van der Waals surface area contributed by atoms with Crippen molar-refractivity contribution in [3.8, 4) is 11.5 Å². The van der Waals surface area contributed by atoms with Gasteiger partial charge in [-0.1, -0.05) is 12.1 Å². The second-order valence-corrected chi connectivity index (χ2v) is 10.0. The van der Waals surface area contributed by atoms with Gasteiger partial charge in [0.15, 0.2) is 11.5 Å². The molecule has 41 heavy (non-hydrogen) atoms. The molecule has 222 valence electrons. The Bertz CT molecular complexity index is 1240. The number of carbonyl (C=O) groups is 2. The lowest BCUT2D eigenvalue weighted by Gasteiger charge is -2.38. The van der Waals surface area contributed by atoms with Crippen LogP contribution in [-0.4, -0.2) is 88.9 Å². The van der Waals surface area contributed by atoms with Crippen molar-refractivity contribution in [1.82, 2.24) is 4.90 Å². The van der Waals surface area contributed by atoms with Crippen LogP contribution in [0.4, 0.5) is 8.78 Å². The zero-order chi connectivity index (χ0) is 29.5. The van der Waals surface area contributed by atoms with E-state index in [9.17, 15) is 18.4 Å². The molecule has 2 aromatic carbocycles. The second-order valence-electron chi connectivity index (χ2n) is 10.0. The highest BCUT2D eigenvalue weighted by atomic mass is 19.3. The Morgan fingerprint density at radius 2 is 1.68 bits per heavy atom. The third kappa shape index (κ3) is 7.20. The first-order valence-corrected chi connectivity index (χ1v) is 13.5. The topological polar surface area (TPSA) is 95.9 Å². The molecule has 3 atom stereocenters. The lowest BCUT2D eigenvalue weighted by Crippen LogP contribution is -2.36. The number of benzene rings is 2. The summed E-state index contributed by atoms with van der Waals surface area (Å²) in [6.45, 7) is 0.0235. The molecule has 9 nitrogen and oxygen atoms in total. The van der Waals surface area contributed by atoms with Gasteiger partial charge in [-0.15, -0.1) is 0 Å². The van der Waals surface area contributed by atoms with Crippen LogP contribution in [0, 0.1) is 0 Å². The largest absolute Gasteiger partial charge is 0.493 e. The highest BCUT2D eigenvalue weighted by Gasteiger charge is 2.39. The molecule has 2 aliphatic rings. The number of rotatable bonds is 12. The minimum atomic E-state index is -3.02. The van der Waals surface area contributed by atoms with Gasteiger partial charge in [0.25, 0.3) is 5.91 Å². The zero-order valence-corrected chi connectivity index (χ0v) is 23.7. The average molecular weight is 575 g/mol. The van der Waals surface area contributed by atoms with E-state index in [0.717, 1.165) is 11.1 Å². The van der Waals surface area contributed by atoms with Gasteiger partial charge in [-0.3, -0.25) is 14.6 Å². The predicted molar refractivity (Wildman–Crippen MR) is 147 cm³/mol. The molecule has 0 bridgehead atoms. The van der Waals surface area contributed by atoms with Gasteiger partial charge in [0.1, 0.15) is 6.10 Å². The standard InChI is InChI=1S/C30H36F2N2O7/c1-18(35)40-21-9-10-25-23(15-21)22-16-27(41-30(31)32)26(39-4)17-24(22)28(33-25)19-5-7-20(8-6-19)29(36)34(11-13-37-2)12-14-38-3/h5-8,16-17,21,23,25,30H,9-15H2,1-4H3. The van der Waals surface area contributed by atoms with Crippen LogP contribution in [-0.2, 0) is 19.0 Å². The molecule has 4 rings (SSSR count). The average Bonchev–Trinajstić information content (AvgIpc) is 2.96. The maximum absolute atomic E-state index is 13.2. The van der Waals surface area contributed by atoms with Gasteiger partial charge in [-0.25, -0.2) is 0 Å². The van der Waals surface area contributed by atoms with E-state index in [2.05, 4.69) is 0 Å². The van der Waals surface area contributed by atoms with Crippen LogP contribution in [0.15, 0.2) is 41.4 Å². The Labute approximate surface area is 238 Å². The number of esters is 1. The number of ether oxygens (including phenoxy) is 5. The van der Waals surface area contributed by atoms with Crippen LogP contribution in [0.3, 0.4) is 0 Å². The van der Waals surface area contributed by atoms with Crippen molar-refractivity contribution in [3.05, 3.63) is 58.7 Å². The molecular weight excluding hydrogens is 538 g/mol. The lowest BCUT2D eigenvalue weighted by atomic mass is 9.74. The van der Waals surface area contributed by atoms with E-state index in [-0.39, 0.29) is 41.4 Å². The Morgan fingerprint density at radius 3 is 2.27 bits per heavy atom. The molecule has 3 unspecified atom stereocenters. The van der Waals surface area contributed by atoms with E-state index in [1.807, 2.05) is 12.1 Å². The molecule has 1 heterocycles. The second kappa shape index (κ2) is 13.9. The van der Waals surface area contributed by atoms with Gasteiger partial charge >= 0.3 is 12.6 Å². The van der Waals surface area contributed by atoms with Crippen molar-refractivity contribution >= 4 is 17.6 Å². The van der Waals surface area contributed by atoms with Crippen molar-refractivity contribution in [2.45, 2.75) is 50.9 Å². The van der Waals surface area contributed by atoms with Crippen LogP contribution >= 0.6 is 0 Å². The molecule has 0 spiro atoms. The number of alkyl halides is 2. The Kier molecular flexibility index (Phi) is 10.3. The fourth-order valence-corrected chi connectivity index (χ4v) is 5.52. The number of aliphatic imine (C=N–C) groups is 1. The summed E-state index contributed by atoms with van der Waals surface area (Å²) < 4.78 is 52.5. The van der Waals surface area contributed by atoms with Crippen molar-refractivity contribution < 1.29 is 42.1 Å². The molecule has 1 amide bonds. The van der Waals surface area contributed by atoms with Crippen LogP contribution in [0.5, 0.6) is 11.5 Å². The van der Waals surface area contributed by atoms with Gasteiger partial charge < -0.3 is 28.6 Å². The summed E-state index contributed by atoms with van der Waals surface area (Å²) in [5, 5.41) is 0. The van der Waals surface area contributed by atoms with Crippen LogP contribution in [0.1, 0.15) is 59.2 Å². The third-order valence-corrected chi connectivity index (χ3v) is 7.42. The lowest BCUT2D eigenvalue weighted by molar-refractivity contribution is -0.148. The monoisotopic (exact) mass is 574 g/mol. The smallest absolute Gasteiger partial charge is 0.387 e. The number of amides is 1. The molecule has 1 fully saturated rings. The highest BCUT2D eigenvalue weighted by molar-refractivity contribution is 6.15. The minimum Gasteiger partial charge on any atom is -0.493 e. The van der Waals surface area contributed by atoms with Crippen molar-refractivity contribution in [3.63, 3.8) is 0 Å². The Hall–Kier alpha value is -3.57. The molecule has 2 aromatic rings. The summed E-state index contributed by atoms with van der Waals surface area (Å²) in [5.41, 5.74) is 3.44. The molecule has 0 N–H and O–H groups in total. The number of hydrogen-bond acceptors (Lipinski definition) is 8. The van der Waals surface area contributed by atoms with Crippen LogP contribution in [0.2, 0.25) is 0 Å². The fraction of sp³-hybridized carbons (Fsp3) is 0.500. The summed E-state index contributed by atoms with van der Waals surface area (Å²) in [7, 11) is 4.56. The first-order valence-electron chi connectivity index (χ1n) is 13.5. The maximum Gasteiger partial charge on any atom is 0.387 e. The molecule has 1 aliphatic carbocycles. The maximum atomic E-state index is 13.2. The number of carbonyl (C=O) groups excluding carboxylic acids is 2. The van der Waals surface area contributed by atoms with E-state index in [4.69, 9.17) is 28.7 Å². The Balaban J connectivity index is 1.70. The van der Waals surface area contributed by atoms with Gasteiger partial charge in [0.2, 0.25) is 0 Å². The van der Waals surface area contributed by atoms with Crippen LogP contribution in [0.25, 0.3) is 0 Å². The van der Waals surface area contributed by atoms with Crippen molar-refractivity contribution in [2.75, 3.05) is 47.6 Å². The van der Waals surface area contributed by atoms with Gasteiger partial charge in [-0.05, 0) is 49.1 Å². The predicted octanol–water partition coefficient (Wildman–Crippen LogP) is 4.45. The molecule has 0 saturated heterocycles. The summed E-state index contributed by atoms with van der Waals surface area (Å²) in [6.07, 6.45) is 1.54. The molecule has 0 aromatic heterocycles. The van der Waals surface area contributed by atoms with Crippen molar-refractivity contribution in [2.24, 2.45) is 4.99 Å². The number of halogens is 2. The summed E-state index contributed by atoms with van der Waals surface area (Å²) in [4.78, 5) is 31.6. The molecule has 1 aliphatic heterocycles. The molecule has 11 heteroatoms. The minimum absolute atomic E-state index is 0.0657. The fourth-order valence-electron chi connectivity index (χ4n) is 5.52. The summed E-state index contributed by atoms with van der Waals surface area (Å²) in [5.74, 6) is -0.572. The number of hydrogen-bond donors (Lipinski definition) is 0. The van der Waals surface area contributed by atoms with E-state index < -0.39 is 6.61 Å². The molecule has 1 saturated carbocycles. The normalized spacial score (nSPS) is 19.6. The van der Waals surface area contributed by atoms with E-state index in [0.29, 0.717) is 62.4 Å². The van der Waals surface area contributed by atoms with E-state index >= 15 is 0 Å². The first kappa shape index (κ1) is 30.4. The number of fused-ring (bicyclic) bond motifs is 3. The third-order valence-electron chi connectivity index (χ3n) is 7.42. The number of methoxy groups -OCH3 is 3. The first-order chi connectivity index (χ1) is 19.7. The van der Waals surface area contributed by atoms with Gasteiger partial charge in [0.05, 0.1) is 32.1 Å².